The van der Waals surface area contributed by atoms with E-state index in [-0.39, 0.29) is 0 Å². The molecule has 1 saturated heterocycles. The highest BCUT2D eigenvalue weighted by molar-refractivity contribution is 5.20. The summed E-state index contributed by atoms with van der Waals surface area (Å²) in [7, 11) is 2.05. The molecule has 1 fully saturated rings. The first-order chi connectivity index (χ1) is 9.38. The minimum atomic E-state index is 0.548. The summed E-state index contributed by atoms with van der Waals surface area (Å²) in [6.45, 7) is 2.64. The molecule has 0 spiro atoms. The van der Waals surface area contributed by atoms with Crippen LogP contribution in [0.2, 0.25) is 0 Å². The van der Waals surface area contributed by atoms with E-state index >= 15 is 0 Å². The molecule has 1 atom stereocenters. The second kappa shape index (κ2) is 8.18. The molecule has 106 valence electrons. The second-order valence-electron chi connectivity index (χ2n) is 5.23. The zero-order valence-corrected chi connectivity index (χ0v) is 11.8. The first-order valence-corrected chi connectivity index (χ1v) is 7.31. The average molecular weight is 263 g/mol. The predicted molar refractivity (Wildman–Crippen MR) is 77.6 cm³/mol. The van der Waals surface area contributed by atoms with Crippen molar-refractivity contribution in [1.82, 2.24) is 5.32 Å². The molecule has 1 aliphatic heterocycles. The Bertz CT molecular complexity index is 336. The van der Waals surface area contributed by atoms with Gasteiger partial charge in [-0.2, -0.15) is 0 Å². The van der Waals surface area contributed by atoms with Gasteiger partial charge in [-0.3, -0.25) is 0 Å². The average Bonchev–Trinajstić information content (AvgIpc) is 2.48. The SMILES string of the molecule is CNC(CCOc1ccccc1)CC1CCOCC1. The van der Waals surface area contributed by atoms with E-state index in [9.17, 15) is 0 Å². The van der Waals surface area contributed by atoms with Crippen molar-refractivity contribution < 1.29 is 9.47 Å². The maximum atomic E-state index is 5.76. The van der Waals surface area contributed by atoms with E-state index < -0.39 is 0 Å². The third-order valence-electron chi connectivity index (χ3n) is 3.85. The second-order valence-corrected chi connectivity index (χ2v) is 5.23. The van der Waals surface area contributed by atoms with Gasteiger partial charge in [-0.15, -0.1) is 0 Å². The Morgan fingerprint density at radius 1 is 1.26 bits per heavy atom. The van der Waals surface area contributed by atoms with Crippen LogP contribution in [0.4, 0.5) is 0 Å². The number of nitrogens with one attached hydrogen (secondary N) is 1. The predicted octanol–water partition coefficient (Wildman–Crippen LogP) is 2.86. The quantitative estimate of drug-likeness (QED) is 0.820. The molecule has 0 amide bonds. The Morgan fingerprint density at radius 3 is 2.68 bits per heavy atom. The maximum Gasteiger partial charge on any atom is 0.119 e. The molecule has 3 heteroatoms. The smallest absolute Gasteiger partial charge is 0.119 e. The van der Waals surface area contributed by atoms with Crippen molar-refractivity contribution in [2.75, 3.05) is 26.9 Å². The van der Waals surface area contributed by atoms with E-state index in [0.29, 0.717) is 6.04 Å². The lowest BCUT2D eigenvalue weighted by molar-refractivity contribution is 0.0599. The van der Waals surface area contributed by atoms with Crippen LogP contribution in [0, 0.1) is 5.92 Å². The van der Waals surface area contributed by atoms with Gasteiger partial charge in [0.25, 0.3) is 0 Å². The van der Waals surface area contributed by atoms with Gasteiger partial charge < -0.3 is 14.8 Å². The van der Waals surface area contributed by atoms with E-state index in [1.165, 1.54) is 19.3 Å². The monoisotopic (exact) mass is 263 g/mol. The van der Waals surface area contributed by atoms with E-state index in [0.717, 1.165) is 37.9 Å². The standard InChI is InChI=1S/C16H25NO2/c1-17-15(13-14-7-10-18-11-8-14)9-12-19-16-5-3-2-4-6-16/h2-6,14-15,17H,7-13H2,1H3. The van der Waals surface area contributed by atoms with Crippen molar-refractivity contribution in [3.05, 3.63) is 30.3 Å². The first-order valence-electron chi connectivity index (χ1n) is 7.31. The van der Waals surface area contributed by atoms with Crippen LogP contribution in [0.25, 0.3) is 0 Å². The van der Waals surface area contributed by atoms with Crippen molar-refractivity contribution >= 4 is 0 Å². The van der Waals surface area contributed by atoms with Crippen LogP contribution >= 0.6 is 0 Å². The fourth-order valence-corrected chi connectivity index (χ4v) is 2.60. The number of hydrogen-bond donors (Lipinski definition) is 1. The summed E-state index contributed by atoms with van der Waals surface area (Å²) in [4.78, 5) is 0. The van der Waals surface area contributed by atoms with Gasteiger partial charge in [0.05, 0.1) is 6.61 Å². The van der Waals surface area contributed by atoms with Crippen LogP contribution in [0.1, 0.15) is 25.7 Å². The van der Waals surface area contributed by atoms with E-state index in [4.69, 9.17) is 9.47 Å². The number of hydrogen-bond acceptors (Lipinski definition) is 3. The summed E-state index contributed by atoms with van der Waals surface area (Å²) in [6.07, 6.45) is 4.70. The van der Waals surface area contributed by atoms with Crippen molar-refractivity contribution in [2.45, 2.75) is 31.7 Å². The van der Waals surface area contributed by atoms with Crippen LogP contribution in [0.15, 0.2) is 30.3 Å². The Hall–Kier alpha value is -1.06. The fourth-order valence-electron chi connectivity index (χ4n) is 2.60. The van der Waals surface area contributed by atoms with Crippen molar-refractivity contribution in [3.8, 4) is 5.75 Å². The highest BCUT2D eigenvalue weighted by Gasteiger charge is 2.18. The third-order valence-corrected chi connectivity index (χ3v) is 3.85. The molecule has 0 aromatic heterocycles. The van der Waals surface area contributed by atoms with Crippen molar-refractivity contribution in [3.63, 3.8) is 0 Å². The molecule has 0 bridgehead atoms. The molecule has 0 aliphatic carbocycles. The lowest BCUT2D eigenvalue weighted by Crippen LogP contribution is -2.31. The number of para-hydroxylation sites is 1. The van der Waals surface area contributed by atoms with Gasteiger partial charge in [0, 0.05) is 19.3 Å². The summed E-state index contributed by atoms with van der Waals surface area (Å²) >= 11 is 0. The van der Waals surface area contributed by atoms with E-state index in [2.05, 4.69) is 5.32 Å². The van der Waals surface area contributed by atoms with Gasteiger partial charge in [0.15, 0.2) is 0 Å². The van der Waals surface area contributed by atoms with Gasteiger partial charge in [0.2, 0.25) is 0 Å². The van der Waals surface area contributed by atoms with Crippen LogP contribution in [0.3, 0.4) is 0 Å². The third kappa shape index (κ3) is 5.21. The van der Waals surface area contributed by atoms with Crippen LogP contribution < -0.4 is 10.1 Å². The zero-order valence-electron chi connectivity index (χ0n) is 11.8. The molecular formula is C16H25NO2. The number of rotatable bonds is 7. The highest BCUT2D eigenvalue weighted by Crippen LogP contribution is 2.21. The molecular weight excluding hydrogens is 238 g/mol. The normalized spacial score (nSPS) is 18.2. The van der Waals surface area contributed by atoms with Crippen LogP contribution in [-0.2, 0) is 4.74 Å². The minimum Gasteiger partial charge on any atom is -0.494 e. The largest absolute Gasteiger partial charge is 0.494 e. The van der Waals surface area contributed by atoms with Gasteiger partial charge in [0.1, 0.15) is 5.75 Å². The molecule has 3 nitrogen and oxygen atoms in total. The van der Waals surface area contributed by atoms with Crippen LogP contribution in [0.5, 0.6) is 5.75 Å². The molecule has 1 aromatic carbocycles. The lowest BCUT2D eigenvalue weighted by Gasteiger charge is -2.26. The Balaban J connectivity index is 1.67. The van der Waals surface area contributed by atoms with Gasteiger partial charge in [-0.1, -0.05) is 18.2 Å². The molecule has 1 N–H and O–H groups in total. The Morgan fingerprint density at radius 2 is 2.00 bits per heavy atom. The molecule has 2 rings (SSSR count). The molecule has 1 aromatic rings. The molecule has 1 heterocycles. The summed E-state index contributed by atoms with van der Waals surface area (Å²) in [5.41, 5.74) is 0. The molecule has 1 unspecified atom stereocenters. The Kier molecular flexibility index (Phi) is 6.18. The van der Waals surface area contributed by atoms with Crippen molar-refractivity contribution in [1.29, 1.82) is 0 Å². The minimum absolute atomic E-state index is 0.548. The maximum absolute atomic E-state index is 5.76. The van der Waals surface area contributed by atoms with Gasteiger partial charge >= 0.3 is 0 Å². The van der Waals surface area contributed by atoms with Gasteiger partial charge in [-0.05, 0) is 50.8 Å². The summed E-state index contributed by atoms with van der Waals surface area (Å²) in [5, 5.41) is 3.41. The Labute approximate surface area is 116 Å². The van der Waals surface area contributed by atoms with Gasteiger partial charge in [-0.25, -0.2) is 0 Å². The van der Waals surface area contributed by atoms with E-state index in [1.807, 2.05) is 37.4 Å². The summed E-state index contributed by atoms with van der Waals surface area (Å²) in [5.74, 6) is 1.77. The topological polar surface area (TPSA) is 30.5 Å². The number of benzene rings is 1. The highest BCUT2D eigenvalue weighted by atomic mass is 16.5. The van der Waals surface area contributed by atoms with Crippen LogP contribution in [-0.4, -0.2) is 32.9 Å². The summed E-state index contributed by atoms with van der Waals surface area (Å²) in [6, 6.07) is 10.6. The number of ether oxygens (including phenoxy) is 2. The molecule has 19 heavy (non-hydrogen) atoms. The first kappa shape index (κ1) is 14.4. The molecule has 0 saturated carbocycles. The molecule has 0 radical (unpaired) electrons. The van der Waals surface area contributed by atoms with E-state index in [1.54, 1.807) is 0 Å². The van der Waals surface area contributed by atoms with Crippen molar-refractivity contribution in [2.24, 2.45) is 5.92 Å². The summed E-state index contributed by atoms with van der Waals surface area (Å²) < 4.78 is 11.2. The lowest BCUT2D eigenvalue weighted by atomic mass is 9.91. The zero-order chi connectivity index (χ0) is 13.3. The fraction of sp³-hybridized carbons (Fsp3) is 0.625. The molecule has 1 aliphatic rings.